The Kier molecular flexibility index (Phi) is 10.9. The summed E-state index contributed by atoms with van der Waals surface area (Å²) in [4.78, 5) is 25.3. The molecule has 2 fully saturated rings. The fourth-order valence-electron chi connectivity index (χ4n) is 5.82. The van der Waals surface area contributed by atoms with Crippen molar-refractivity contribution in [1.82, 2.24) is 0 Å². The van der Waals surface area contributed by atoms with Crippen LogP contribution in [0.3, 0.4) is 0 Å². The molecule has 0 aliphatic heterocycles. The van der Waals surface area contributed by atoms with Gasteiger partial charge in [-0.1, -0.05) is 54.4 Å². The van der Waals surface area contributed by atoms with Gasteiger partial charge in [0, 0.05) is 0 Å². The first-order valence-corrected chi connectivity index (χ1v) is 13.1. The standard InChI is InChI=1S/C27H48O4/c1-7-22(16-30-26(28)24-11-9-18(3)13-20(24)5)15-23(8-2)17-31-27(29)25-12-10-19(4)14-21(25)6/h18-25H,7-17H2,1-6H3. The van der Waals surface area contributed by atoms with Crippen LogP contribution in [0.15, 0.2) is 0 Å². The lowest BCUT2D eigenvalue weighted by Crippen LogP contribution is -2.32. The fraction of sp³-hybridized carbons (Fsp3) is 0.926. The third kappa shape index (κ3) is 8.09. The topological polar surface area (TPSA) is 52.6 Å². The Morgan fingerprint density at radius 3 is 1.42 bits per heavy atom. The summed E-state index contributed by atoms with van der Waals surface area (Å²) in [5.41, 5.74) is 0. The van der Waals surface area contributed by atoms with E-state index in [9.17, 15) is 9.59 Å². The molecule has 8 unspecified atom stereocenters. The van der Waals surface area contributed by atoms with Crippen LogP contribution in [0.2, 0.25) is 0 Å². The van der Waals surface area contributed by atoms with Gasteiger partial charge in [-0.2, -0.15) is 0 Å². The summed E-state index contributed by atoms with van der Waals surface area (Å²) in [5.74, 6) is 3.07. The average Bonchev–Trinajstić information content (AvgIpc) is 2.72. The van der Waals surface area contributed by atoms with Crippen molar-refractivity contribution in [3.63, 3.8) is 0 Å². The molecule has 0 aromatic carbocycles. The van der Waals surface area contributed by atoms with Crippen molar-refractivity contribution in [2.45, 2.75) is 99.3 Å². The van der Waals surface area contributed by atoms with E-state index >= 15 is 0 Å². The number of hydrogen-bond acceptors (Lipinski definition) is 4. The predicted octanol–water partition coefficient (Wildman–Crippen LogP) is 6.66. The van der Waals surface area contributed by atoms with Gasteiger partial charge in [-0.25, -0.2) is 0 Å². The lowest BCUT2D eigenvalue weighted by Gasteiger charge is -2.32. The first-order chi connectivity index (χ1) is 14.7. The van der Waals surface area contributed by atoms with Gasteiger partial charge in [-0.15, -0.1) is 0 Å². The normalized spacial score (nSPS) is 33.4. The molecule has 0 spiro atoms. The zero-order valence-corrected chi connectivity index (χ0v) is 21.0. The monoisotopic (exact) mass is 436 g/mol. The van der Waals surface area contributed by atoms with Gasteiger partial charge in [-0.3, -0.25) is 9.59 Å². The van der Waals surface area contributed by atoms with Crippen LogP contribution in [0.5, 0.6) is 0 Å². The van der Waals surface area contributed by atoms with Gasteiger partial charge >= 0.3 is 11.9 Å². The Bertz CT molecular complexity index is 511. The van der Waals surface area contributed by atoms with Crippen LogP contribution >= 0.6 is 0 Å². The molecule has 0 N–H and O–H groups in total. The second-order valence-electron chi connectivity index (χ2n) is 11.0. The summed E-state index contributed by atoms with van der Waals surface area (Å²) in [7, 11) is 0. The summed E-state index contributed by atoms with van der Waals surface area (Å²) in [6.45, 7) is 14.2. The number of ether oxygens (including phenoxy) is 2. The van der Waals surface area contributed by atoms with Crippen molar-refractivity contribution in [2.75, 3.05) is 13.2 Å². The quantitative estimate of drug-likeness (QED) is 0.359. The van der Waals surface area contributed by atoms with E-state index < -0.39 is 0 Å². The smallest absolute Gasteiger partial charge is 0.309 e. The van der Waals surface area contributed by atoms with E-state index in [1.54, 1.807) is 0 Å². The van der Waals surface area contributed by atoms with Crippen LogP contribution < -0.4 is 0 Å². The average molecular weight is 437 g/mol. The molecule has 2 saturated carbocycles. The molecular weight excluding hydrogens is 388 g/mol. The Labute approximate surface area is 191 Å². The van der Waals surface area contributed by atoms with Crippen molar-refractivity contribution >= 4 is 11.9 Å². The highest BCUT2D eigenvalue weighted by Crippen LogP contribution is 2.35. The zero-order chi connectivity index (χ0) is 23.0. The van der Waals surface area contributed by atoms with Gasteiger partial charge in [0.1, 0.15) is 0 Å². The molecule has 0 aromatic rings. The highest BCUT2D eigenvalue weighted by atomic mass is 16.5. The fourth-order valence-corrected chi connectivity index (χ4v) is 5.82. The SMILES string of the molecule is CCC(COC(=O)C1CCC(C)CC1C)CC(CC)COC(=O)C1CCC(C)CC1C. The lowest BCUT2D eigenvalue weighted by atomic mass is 9.75. The Morgan fingerprint density at radius 2 is 1.10 bits per heavy atom. The summed E-state index contributed by atoms with van der Waals surface area (Å²) in [6, 6.07) is 0. The van der Waals surface area contributed by atoms with Gasteiger partial charge < -0.3 is 9.47 Å². The first-order valence-electron chi connectivity index (χ1n) is 13.1. The van der Waals surface area contributed by atoms with Crippen LogP contribution in [0.25, 0.3) is 0 Å². The third-order valence-electron chi connectivity index (χ3n) is 8.21. The predicted molar refractivity (Wildman–Crippen MR) is 125 cm³/mol. The molecule has 2 aliphatic carbocycles. The second-order valence-corrected chi connectivity index (χ2v) is 11.0. The van der Waals surface area contributed by atoms with E-state index in [4.69, 9.17) is 9.47 Å². The number of rotatable bonds is 10. The molecule has 0 saturated heterocycles. The molecule has 8 atom stereocenters. The summed E-state index contributed by atoms with van der Waals surface area (Å²) >= 11 is 0. The Morgan fingerprint density at radius 1 is 0.710 bits per heavy atom. The number of carbonyl (C=O) groups excluding carboxylic acids is 2. The summed E-state index contributed by atoms with van der Waals surface area (Å²) in [6.07, 6.45) is 9.33. The Balaban J connectivity index is 1.76. The van der Waals surface area contributed by atoms with Gasteiger partial charge in [0.25, 0.3) is 0 Å². The zero-order valence-electron chi connectivity index (χ0n) is 21.0. The molecule has 0 radical (unpaired) electrons. The molecule has 4 nitrogen and oxygen atoms in total. The third-order valence-corrected chi connectivity index (χ3v) is 8.21. The van der Waals surface area contributed by atoms with E-state index in [0.717, 1.165) is 69.6 Å². The first kappa shape index (κ1) is 26.2. The lowest BCUT2D eigenvalue weighted by molar-refractivity contribution is -0.154. The second kappa shape index (κ2) is 12.8. The van der Waals surface area contributed by atoms with Crippen LogP contribution in [0, 0.1) is 47.3 Å². The highest BCUT2D eigenvalue weighted by Gasteiger charge is 2.33. The largest absolute Gasteiger partial charge is 0.465 e. The molecule has 0 heterocycles. The van der Waals surface area contributed by atoms with E-state index in [1.165, 1.54) is 0 Å². The minimum absolute atomic E-state index is 0.00200. The van der Waals surface area contributed by atoms with Crippen molar-refractivity contribution < 1.29 is 19.1 Å². The molecule has 0 aromatic heterocycles. The van der Waals surface area contributed by atoms with Crippen LogP contribution in [-0.4, -0.2) is 25.2 Å². The van der Waals surface area contributed by atoms with Crippen LogP contribution in [-0.2, 0) is 19.1 Å². The maximum atomic E-state index is 12.6. The van der Waals surface area contributed by atoms with E-state index in [0.29, 0.717) is 36.9 Å². The van der Waals surface area contributed by atoms with Gasteiger partial charge in [-0.05, 0) is 80.5 Å². The van der Waals surface area contributed by atoms with Crippen LogP contribution in [0.1, 0.15) is 99.3 Å². The van der Waals surface area contributed by atoms with Crippen molar-refractivity contribution in [1.29, 1.82) is 0 Å². The highest BCUT2D eigenvalue weighted by molar-refractivity contribution is 5.73. The summed E-state index contributed by atoms with van der Waals surface area (Å²) in [5, 5.41) is 0. The molecule has 4 heteroatoms. The van der Waals surface area contributed by atoms with E-state index in [-0.39, 0.29) is 23.8 Å². The summed E-state index contributed by atoms with van der Waals surface area (Å²) < 4.78 is 11.6. The molecule has 2 rings (SSSR count). The molecule has 0 amide bonds. The number of carbonyl (C=O) groups is 2. The number of esters is 2. The minimum atomic E-state index is -0.00200. The van der Waals surface area contributed by atoms with E-state index in [2.05, 4.69) is 41.5 Å². The molecule has 31 heavy (non-hydrogen) atoms. The van der Waals surface area contributed by atoms with Crippen molar-refractivity contribution in [3.05, 3.63) is 0 Å². The van der Waals surface area contributed by atoms with Gasteiger partial charge in [0.05, 0.1) is 25.0 Å². The molecular formula is C27H48O4. The van der Waals surface area contributed by atoms with Gasteiger partial charge in [0.15, 0.2) is 0 Å². The number of hydrogen-bond donors (Lipinski definition) is 0. The minimum Gasteiger partial charge on any atom is -0.465 e. The van der Waals surface area contributed by atoms with Gasteiger partial charge in [0.2, 0.25) is 0 Å². The molecule has 180 valence electrons. The van der Waals surface area contributed by atoms with Crippen LogP contribution in [0.4, 0.5) is 0 Å². The van der Waals surface area contributed by atoms with Crippen molar-refractivity contribution in [2.24, 2.45) is 47.3 Å². The van der Waals surface area contributed by atoms with E-state index in [1.807, 2.05) is 0 Å². The van der Waals surface area contributed by atoms with Crippen molar-refractivity contribution in [3.8, 4) is 0 Å². The molecule has 0 bridgehead atoms. The maximum Gasteiger partial charge on any atom is 0.309 e. The molecule has 2 aliphatic rings. The Hall–Kier alpha value is -1.06. The maximum absolute atomic E-state index is 12.6.